The first kappa shape index (κ1) is 14.0. The zero-order chi connectivity index (χ0) is 15.4. The molecule has 0 unspecified atom stereocenters. The summed E-state index contributed by atoms with van der Waals surface area (Å²) in [6, 6.07) is 7.93. The molecular formula is C14H14N6O2. The molecule has 2 aromatic rings. The average molecular weight is 298 g/mol. The molecule has 4 N–H and O–H groups in total. The van der Waals surface area contributed by atoms with E-state index in [-0.39, 0.29) is 11.8 Å². The van der Waals surface area contributed by atoms with E-state index in [4.69, 9.17) is 0 Å². The van der Waals surface area contributed by atoms with Gasteiger partial charge in [-0.05, 0) is 12.1 Å². The molecule has 1 aromatic carbocycles. The van der Waals surface area contributed by atoms with Gasteiger partial charge in [0.05, 0.1) is 6.20 Å². The Morgan fingerprint density at radius 1 is 1.18 bits per heavy atom. The zero-order valence-electron chi connectivity index (χ0n) is 11.5. The number of anilines is 1. The minimum atomic E-state index is -0.769. The van der Waals surface area contributed by atoms with Crippen LogP contribution in [0.1, 0.15) is 10.4 Å². The third-order valence-corrected chi connectivity index (χ3v) is 3.16. The van der Waals surface area contributed by atoms with E-state index >= 15 is 0 Å². The van der Waals surface area contributed by atoms with Crippen molar-refractivity contribution in [1.29, 1.82) is 0 Å². The number of aromatic nitrogens is 2. The Morgan fingerprint density at radius 2 is 2.00 bits per heavy atom. The average Bonchev–Trinajstić information content (AvgIpc) is 2.90. The SMILES string of the molecule is O=C(N[C@H]1C(=O)NN[C@H]1Nc1cnccn1)c1ccccc1. The molecule has 1 aliphatic rings. The van der Waals surface area contributed by atoms with Crippen LogP contribution in [-0.2, 0) is 4.79 Å². The smallest absolute Gasteiger partial charge is 0.260 e. The molecule has 2 amide bonds. The van der Waals surface area contributed by atoms with E-state index in [0.717, 1.165) is 0 Å². The third kappa shape index (κ3) is 3.01. The largest absolute Gasteiger partial charge is 0.350 e. The highest BCUT2D eigenvalue weighted by Gasteiger charge is 2.36. The molecule has 2 atom stereocenters. The van der Waals surface area contributed by atoms with Crippen molar-refractivity contribution in [2.75, 3.05) is 5.32 Å². The van der Waals surface area contributed by atoms with Crippen molar-refractivity contribution in [3.63, 3.8) is 0 Å². The second kappa shape index (κ2) is 6.19. The van der Waals surface area contributed by atoms with Crippen molar-refractivity contribution in [3.8, 4) is 0 Å². The van der Waals surface area contributed by atoms with E-state index in [2.05, 4.69) is 31.5 Å². The molecule has 1 fully saturated rings. The first-order chi connectivity index (χ1) is 10.7. The lowest BCUT2D eigenvalue weighted by Gasteiger charge is -2.19. The molecule has 1 aliphatic heterocycles. The Balaban J connectivity index is 1.70. The fraction of sp³-hybridized carbons (Fsp3) is 0.143. The molecule has 0 saturated carbocycles. The summed E-state index contributed by atoms with van der Waals surface area (Å²) in [5.74, 6) is -0.156. The van der Waals surface area contributed by atoms with Crippen molar-refractivity contribution in [3.05, 3.63) is 54.5 Å². The van der Waals surface area contributed by atoms with Gasteiger partial charge < -0.3 is 10.6 Å². The number of nitrogens with one attached hydrogen (secondary N) is 4. The number of hydrogen-bond donors (Lipinski definition) is 4. The van der Waals surface area contributed by atoms with Crippen LogP contribution in [0.4, 0.5) is 5.82 Å². The van der Waals surface area contributed by atoms with Gasteiger partial charge in [0.15, 0.2) is 0 Å². The van der Waals surface area contributed by atoms with Crippen molar-refractivity contribution < 1.29 is 9.59 Å². The van der Waals surface area contributed by atoms with Crippen LogP contribution >= 0.6 is 0 Å². The fourth-order valence-corrected chi connectivity index (χ4v) is 2.08. The highest BCUT2D eigenvalue weighted by Crippen LogP contribution is 2.07. The topological polar surface area (TPSA) is 108 Å². The summed E-state index contributed by atoms with van der Waals surface area (Å²) in [6.07, 6.45) is 4.08. The highest BCUT2D eigenvalue weighted by atomic mass is 16.2. The van der Waals surface area contributed by atoms with Crippen LogP contribution in [0.5, 0.6) is 0 Å². The molecule has 112 valence electrons. The molecule has 0 spiro atoms. The van der Waals surface area contributed by atoms with Gasteiger partial charge in [-0.1, -0.05) is 18.2 Å². The number of carbonyl (C=O) groups is 2. The number of benzene rings is 1. The first-order valence-electron chi connectivity index (χ1n) is 6.68. The van der Waals surface area contributed by atoms with Crippen LogP contribution in [0, 0.1) is 0 Å². The fourth-order valence-electron chi connectivity index (χ4n) is 2.08. The van der Waals surface area contributed by atoms with Crippen molar-refractivity contribution in [1.82, 2.24) is 26.1 Å². The van der Waals surface area contributed by atoms with Crippen LogP contribution in [0.3, 0.4) is 0 Å². The summed E-state index contributed by atoms with van der Waals surface area (Å²) in [5, 5.41) is 5.69. The van der Waals surface area contributed by atoms with E-state index in [0.29, 0.717) is 11.4 Å². The second-order valence-electron chi connectivity index (χ2n) is 4.66. The standard InChI is InChI=1S/C14H14N6O2/c21-13(9-4-2-1-3-5-9)18-11-12(19-20-14(11)22)17-10-8-15-6-7-16-10/h1-8,11-12,19H,(H,16,17)(H,18,21)(H,20,22)/t11-,12-/m1/s1. The van der Waals surface area contributed by atoms with Crippen molar-refractivity contribution >= 4 is 17.6 Å². The zero-order valence-corrected chi connectivity index (χ0v) is 11.5. The Kier molecular flexibility index (Phi) is 3.92. The molecule has 0 aliphatic carbocycles. The molecule has 8 heteroatoms. The van der Waals surface area contributed by atoms with Gasteiger partial charge in [-0.25, -0.2) is 10.4 Å². The second-order valence-corrected chi connectivity index (χ2v) is 4.66. The summed E-state index contributed by atoms with van der Waals surface area (Å²) >= 11 is 0. The predicted molar refractivity (Wildman–Crippen MR) is 78.4 cm³/mol. The summed E-state index contributed by atoms with van der Waals surface area (Å²) in [6.45, 7) is 0. The van der Waals surface area contributed by atoms with Gasteiger partial charge in [0.2, 0.25) is 0 Å². The van der Waals surface area contributed by atoms with Crippen LogP contribution in [0.25, 0.3) is 0 Å². The van der Waals surface area contributed by atoms with Gasteiger partial charge in [0.1, 0.15) is 18.0 Å². The third-order valence-electron chi connectivity index (χ3n) is 3.16. The van der Waals surface area contributed by atoms with Gasteiger partial charge >= 0.3 is 0 Å². The molecule has 1 saturated heterocycles. The Labute approximate surface area is 126 Å². The molecule has 2 heterocycles. The van der Waals surface area contributed by atoms with Crippen LogP contribution < -0.4 is 21.5 Å². The highest BCUT2D eigenvalue weighted by molar-refractivity contribution is 5.98. The molecule has 3 rings (SSSR count). The van der Waals surface area contributed by atoms with Gasteiger partial charge in [-0.2, -0.15) is 0 Å². The van der Waals surface area contributed by atoms with Gasteiger partial charge in [0.25, 0.3) is 11.8 Å². The van der Waals surface area contributed by atoms with E-state index in [1.165, 1.54) is 12.4 Å². The maximum absolute atomic E-state index is 12.2. The quantitative estimate of drug-likeness (QED) is 0.614. The first-order valence-corrected chi connectivity index (χ1v) is 6.68. The maximum Gasteiger partial charge on any atom is 0.260 e. The van der Waals surface area contributed by atoms with Crippen LogP contribution in [0.15, 0.2) is 48.9 Å². The number of rotatable bonds is 4. The predicted octanol–water partition coefficient (Wildman–Crippen LogP) is -0.352. The van der Waals surface area contributed by atoms with Gasteiger partial charge in [-0.3, -0.25) is 20.0 Å². The number of nitrogens with zero attached hydrogens (tertiary/aromatic N) is 2. The number of carbonyl (C=O) groups excluding carboxylic acids is 2. The monoisotopic (exact) mass is 298 g/mol. The van der Waals surface area contributed by atoms with Crippen LogP contribution in [-0.4, -0.2) is 34.0 Å². The molecule has 8 nitrogen and oxygen atoms in total. The van der Waals surface area contributed by atoms with Gasteiger partial charge in [-0.15, -0.1) is 0 Å². The Morgan fingerprint density at radius 3 is 2.73 bits per heavy atom. The molecular weight excluding hydrogens is 284 g/mol. The summed E-state index contributed by atoms with van der Waals surface area (Å²) < 4.78 is 0. The van der Waals surface area contributed by atoms with Crippen molar-refractivity contribution in [2.24, 2.45) is 0 Å². The minimum absolute atomic E-state index is 0.324. The van der Waals surface area contributed by atoms with E-state index in [1.807, 2.05) is 6.07 Å². The maximum atomic E-state index is 12.2. The molecule has 0 bridgehead atoms. The summed E-state index contributed by atoms with van der Waals surface area (Å²) in [7, 11) is 0. The molecule has 1 aromatic heterocycles. The van der Waals surface area contributed by atoms with E-state index < -0.39 is 12.2 Å². The number of hydrazine groups is 1. The molecule has 0 radical (unpaired) electrons. The Bertz CT molecular complexity index is 664. The summed E-state index contributed by atoms with van der Waals surface area (Å²) in [4.78, 5) is 32.1. The summed E-state index contributed by atoms with van der Waals surface area (Å²) in [5.41, 5.74) is 5.74. The molecule has 22 heavy (non-hydrogen) atoms. The van der Waals surface area contributed by atoms with E-state index in [1.54, 1.807) is 30.5 Å². The normalized spacial score (nSPS) is 20.3. The lowest BCUT2D eigenvalue weighted by atomic mass is 10.1. The Hall–Kier alpha value is -3.00. The van der Waals surface area contributed by atoms with E-state index in [9.17, 15) is 9.59 Å². The van der Waals surface area contributed by atoms with Crippen LogP contribution in [0.2, 0.25) is 0 Å². The number of hydrogen-bond acceptors (Lipinski definition) is 6. The lowest BCUT2D eigenvalue weighted by molar-refractivity contribution is -0.121. The number of amides is 2. The lowest BCUT2D eigenvalue weighted by Crippen LogP contribution is -2.50. The minimum Gasteiger partial charge on any atom is -0.350 e. The van der Waals surface area contributed by atoms with Gasteiger partial charge in [0, 0.05) is 18.0 Å². The van der Waals surface area contributed by atoms with Crippen molar-refractivity contribution in [2.45, 2.75) is 12.2 Å².